The standard InChI is InChI=1S/C32H36N2O4/c1-37-31(36)25-12-15-32(16-13-25)14-11-24-9-10-27(22-28(24)32)38-19-5-18-34-30(35)21-23-6-4-7-26(20-23)29-8-2-3-17-33-29/h2-4,6-10,17,20,22,25H,5,11-16,18-19,21H2,1H3,(H,34,35). The smallest absolute Gasteiger partial charge is 0.308 e. The number of rotatable bonds is 9. The summed E-state index contributed by atoms with van der Waals surface area (Å²) >= 11 is 0. The number of pyridine rings is 1. The third-order valence-corrected chi connectivity index (χ3v) is 8.17. The van der Waals surface area contributed by atoms with Gasteiger partial charge in [-0.1, -0.05) is 30.3 Å². The predicted octanol–water partition coefficient (Wildman–Crippen LogP) is 5.42. The summed E-state index contributed by atoms with van der Waals surface area (Å²) in [6.45, 7) is 1.12. The zero-order chi connectivity index (χ0) is 26.4. The molecule has 6 heteroatoms. The van der Waals surface area contributed by atoms with Gasteiger partial charge >= 0.3 is 5.97 Å². The van der Waals surface area contributed by atoms with Crippen LogP contribution in [-0.2, 0) is 32.6 Å². The minimum Gasteiger partial charge on any atom is -0.494 e. The number of aromatic nitrogens is 1. The average Bonchev–Trinajstić information content (AvgIpc) is 3.30. The molecule has 2 aliphatic carbocycles. The molecule has 0 bridgehead atoms. The molecule has 0 atom stereocenters. The van der Waals surface area contributed by atoms with Crippen LogP contribution in [0.2, 0.25) is 0 Å². The first-order chi connectivity index (χ1) is 18.6. The van der Waals surface area contributed by atoms with E-state index in [0.717, 1.165) is 67.5 Å². The van der Waals surface area contributed by atoms with Crippen molar-refractivity contribution in [2.24, 2.45) is 5.92 Å². The maximum atomic E-state index is 12.5. The third-order valence-electron chi connectivity index (χ3n) is 8.17. The molecule has 5 rings (SSSR count). The molecule has 2 aromatic carbocycles. The fourth-order valence-corrected chi connectivity index (χ4v) is 6.07. The zero-order valence-electron chi connectivity index (χ0n) is 22.1. The number of esters is 1. The number of methoxy groups -OCH3 is 1. The minimum atomic E-state index is -0.0692. The lowest BCUT2D eigenvalue weighted by Crippen LogP contribution is -2.32. The van der Waals surface area contributed by atoms with Gasteiger partial charge in [-0.15, -0.1) is 0 Å². The van der Waals surface area contributed by atoms with Gasteiger partial charge in [0.15, 0.2) is 0 Å². The number of benzene rings is 2. The number of nitrogens with zero attached hydrogens (tertiary/aromatic N) is 1. The van der Waals surface area contributed by atoms with Gasteiger partial charge in [0.2, 0.25) is 5.91 Å². The molecule has 1 N–H and O–H groups in total. The molecule has 0 radical (unpaired) electrons. The number of nitrogens with one attached hydrogen (secondary N) is 1. The number of ether oxygens (including phenoxy) is 2. The van der Waals surface area contributed by atoms with E-state index < -0.39 is 0 Å². The molecule has 3 aromatic rings. The van der Waals surface area contributed by atoms with Crippen LogP contribution in [0.3, 0.4) is 0 Å². The summed E-state index contributed by atoms with van der Waals surface area (Å²) in [7, 11) is 1.48. The van der Waals surface area contributed by atoms with E-state index in [9.17, 15) is 9.59 Å². The van der Waals surface area contributed by atoms with Crippen LogP contribution in [0.4, 0.5) is 0 Å². The van der Waals surface area contributed by atoms with E-state index in [1.54, 1.807) is 6.20 Å². The van der Waals surface area contributed by atoms with Crippen LogP contribution in [0.25, 0.3) is 11.3 Å². The lowest BCUT2D eigenvalue weighted by Gasteiger charge is -2.37. The normalized spacial score (nSPS) is 20.1. The van der Waals surface area contributed by atoms with Gasteiger partial charge in [0, 0.05) is 18.3 Å². The summed E-state index contributed by atoms with van der Waals surface area (Å²) in [6.07, 6.45) is 8.93. The van der Waals surface area contributed by atoms with Crippen LogP contribution < -0.4 is 10.1 Å². The minimum absolute atomic E-state index is 0.00482. The van der Waals surface area contributed by atoms with Gasteiger partial charge in [-0.25, -0.2) is 0 Å². The van der Waals surface area contributed by atoms with Gasteiger partial charge in [-0.3, -0.25) is 14.6 Å². The highest BCUT2D eigenvalue weighted by molar-refractivity contribution is 5.79. The van der Waals surface area contributed by atoms with Crippen LogP contribution in [0, 0.1) is 5.92 Å². The zero-order valence-corrected chi connectivity index (χ0v) is 22.1. The van der Waals surface area contributed by atoms with Crippen molar-refractivity contribution < 1.29 is 19.1 Å². The lowest BCUT2D eigenvalue weighted by atomic mass is 9.67. The Morgan fingerprint density at radius 1 is 1.03 bits per heavy atom. The molecular weight excluding hydrogens is 476 g/mol. The molecule has 1 fully saturated rings. The Morgan fingerprint density at radius 2 is 1.89 bits per heavy atom. The van der Waals surface area contributed by atoms with Crippen LogP contribution in [-0.4, -0.2) is 37.1 Å². The van der Waals surface area contributed by atoms with Gasteiger partial charge in [-0.2, -0.15) is 0 Å². The number of hydrogen-bond acceptors (Lipinski definition) is 5. The van der Waals surface area contributed by atoms with Crippen molar-refractivity contribution in [3.63, 3.8) is 0 Å². The maximum Gasteiger partial charge on any atom is 0.308 e. The fraction of sp³-hybridized carbons (Fsp3) is 0.406. The molecule has 38 heavy (non-hydrogen) atoms. The number of carbonyl (C=O) groups is 2. The summed E-state index contributed by atoms with van der Waals surface area (Å²) in [5, 5.41) is 3.01. The summed E-state index contributed by atoms with van der Waals surface area (Å²) in [6, 6.07) is 20.3. The number of fused-ring (bicyclic) bond motifs is 2. The quantitative estimate of drug-likeness (QED) is 0.306. The van der Waals surface area contributed by atoms with Gasteiger partial charge < -0.3 is 14.8 Å². The molecule has 0 saturated heterocycles. The van der Waals surface area contributed by atoms with E-state index in [0.29, 0.717) is 19.6 Å². The molecule has 1 amide bonds. The molecule has 1 aromatic heterocycles. The molecule has 1 heterocycles. The first-order valence-electron chi connectivity index (χ1n) is 13.7. The van der Waals surface area contributed by atoms with Crippen molar-refractivity contribution in [2.45, 2.75) is 56.8 Å². The molecule has 0 aliphatic heterocycles. The van der Waals surface area contributed by atoms with Crippen molar-refractivity contribution in [1.82, 2.24) is 10.3 Å². The second kappa shape index (κ2) is 11.8. The van der Waals surface area contributed by atoms with Crippen LogP contribution >= 0.6 is 0 Å². The van der Waals surface area contributed by atoms with Gasteiger partial charge in [0.05, 0.1) is 31.7 Å². The molecule has 1 saturated carbocycles. The highest BCUT2D eigenvalue weighted by Crippen LogP contribution is 2.50. The maximum absolute atomic E-state index is 12.5. The molecule has 0 unspecified atom stereocenters. The van der Waals surface area contributed by atoms with Crippen molar-refractivity contribution in [3.05, 3.63) is 83.6 Å². The van der Waals surface area contributed by atoms with E-state index >= 15 is 0 Å². The summed E-state index contributed by atoms with van der Waals surface area (Å²) in [4.78, 5) is 28.8. The van der Waals surface area contributed by atoms with Crippen molar-refractivity contribution in [1.29, 1.82) is 0 Å². The van der Waals surface area contributed by atoms with Crippen LogP contribution in [0.1, 0.15) is 55.2 Å². The van der Waals surface area contributed by atoms with E-state index in [4.69, 9.17) is 9.47 Å². The third kappa shape index (κ3) is 5.90. The predicted molar refractivity (Wildman–Crippen MR) is 147 cm³/mol. The van der Waals surface area contributed by atoms with E-state index in [1.165, 1.54) is 18.2 Å². The van der Waals surface area contributed by atoms with Crippen LogP contribution in [0.5, 0.6) is 5.75 Å². The largest absolute Gasteiger partial charge is 0.494 e. The first kappa shape index (κ1) is 26.0. The summed E-state index contributed by atoms with van der Waals surface area (Å²) < 4.78 is 11.0. The van der Waals surface area contributed by atoms with Crippen molar-refractivity contribution in [3.8, 4) is 17.0 Å². The monoisotopic (exact) mass is 512 g/mol. The average molecular weight is 513 g/mol. The topological polar surface area (TPSA) is 77.5 Å². The Kier molecular flexibility index (Phi) is 8.06. The molecule has 6 nitrogen and oxygen atoms in total. The van der Waals surface area contributed by atoms with Crippen molar-refractivity contribution >= 4 is 11.9 Å². The number of carbonyl (C=O) groups excluding carboxylic acids is 2. The summed E-state index contributed by atoms with van der Waals surface area (Å²) in [5.74, 6) is 0.859. The Bertz CT molecular complexity index is 1270. The fourth-order valence-electron chi connectivity index (χ4n) is 6.07. The number of hydrogen-bond donors (Lipinski definition) is 1. The molecule has 2 aliphatic rings. The highest BCUT2D eigenvalue weighted by atomic mass is 16.5. The van der Waals surface area contributed by atoms with Gasteiger partial charge in [0.1, 0.15) is 5.75 Å². The van der Waals surface area contributed by atoms with E-state index in [1.807, 2.05) is 42.5 Å². The SMILES string of the molecule is COC(=O)C1CCC2(CCc3ccc(OCCCNC(=O)Cc4cccc(-c5ccccn5)c4)cc32)CC1. The highest BCUT2D eigenvalue weighted by Gasteiger charge is 2.43. The number of amides is 1. The summed E-state index contributed by atoms with van der Waals surface area (Å²) in [5.41, 5.74) is 5.86. The van der Waals surface area contributed by atoms with E-state index in [2.05, 4.69) is 28.5 Å². The Balaban J connectivity index is 1.07. The van der Waals surface area contributed by atoms with Crippen molar-refractivity contribution in [2.75, 3.05) is 20.3 Å². The lowest BCUT2D eigenvalue weighted by molar-refractivity contribution is -0.147. The Hall–Kier alpha value is -3.67. The first-order valence-corrected chi connectivity index (χ1v) is 13.7. The Morgan fingerprint density at radius 3 is 2.68 bits per heavy atom. The molecule has 198 valence electrons. The van der Waals surface area contributed by atoms with Gasteiger partial charge in [0.25, 0.3) is 0 Å². The second-order valence-corrected chi connectivity index (χ2v) is 10.5. The Labute approximate surface area is 224 Å². The van der Waals surface area contributed by atoms with Gasteiger partial charge in [-0.05, 0) is 97.4 Å². The second-order valence-electron chi connectivity index (χ2n) is 10.5. The number of aryl methyl sites for hydroxylation is 1. The van der Waals surface area contributed by atoms with Crippen LogP contribution in [0.15, 0.2) is 66.9 Å². The molecular formula is C32H36N2O4. The van der Waals surface area contributed by atoms with E-state index in [-0.39, 0.29) is 23.2 Å². The molecule has 1 spiro atoms.